The largest absolute Gasteiger partial charge is 0.439 e. The summed E-state index contributed by atoms with van der Waals surface area (Å²) in [6.45, 7) is 4.00. The maximum absolute atomic E-state index is 12.9. The summed E-state index contributed by atoms with van der Waals surface area (Å²) < 4.78 is 11.1. The molecule has 1 aromatic heterocycles. The Bertz CT molecular complexity index is 912. The van der Waals surface area contributed by atoms with Crippen LogP contribution in [0.5, 0.6) is 11.6 Å². The van der Waals surface area contributed by atoms with Crippen molar-refractivity contribution < 1.29 is 14.3 Å². The number of allylic oxidation sites excluding steroid dienone is 1. The van der Waals surface area contributed by atoms with Crippen LogP contribution in [-0.2, 0) is 4.74 Å². The molecule has 0 spiro atoms. The first kappa shape index (κ1) is 21.5. The van der Waals surface area contributed by atoms with Gasteiger partial charge < -0.3 is 19.7 Å². The third-order valence-electron chi connectivity index (χ3n) is 4.73. The van der Waals surface area contributed by atoms with Gasteiger partial charge >= 0.3 is 0 Å². The number of pyridine rings is 1. The molecule has 0 aliphatic carbocycles. The standard InChI is InChI=1S/C23H28N4O3/c1-17-9-10-20(24-12-11-17)25-23(28)18-15-21(27(2)13-14-29-3)26-22(16-18)30-19-7-5-4-6-8-19/h4-10,15-17H,11-14H2,1-3H3,(H,24,25,28). The zero-order valence-electron chi connectivity index (χ0n) is 17.7. The Morgan fingerprint density at radius 1 is 1.27 bits per heavy atom. The van der Waals surface area contributed by atoms with E-state index in [-0.39, 0.29) is 5.91 Å². The number of nitrogens with zero attached hydrogens (tertiary/aromatic N) is 3. The van der Waals surface area contributed by atoms with Gasteiger partial charge in [0.1, 0.15) is 17.4 Å². The summed E-state index contributed by atoms with van der Waals surface area (Å²) in [5.41, 5.74) is 0.448. The van der Waals surface area contributed by atoms with Crippen LogP contribution in [0.2, 0.25) is 0 Å². The Morgan fingerprint density at radius 2 is 2.07 bits per heavy atom. The van der Waals surface area contributed by atoms with E-state index >= 15 is 0 Å². The molecule has 1 unspecified atom stereocenters. The number of anilines is 1. The van der Waals surface area contributed by atoms with Crippen molar-refractivity contribution in [2.45, 2.75) is 13.3 Å². The van der Waals surface area contributed by atoms with E-state index in [1.165, 1.54) is 0 Å². The topological polar surface area (TPSA) is 76.0 Å². The van der Waals surface area contributed by atoms with Crippen LogP contribution in [0.1, 0.15) is 23.7 Å². The quantitative estimate of drug-likeness (QED) is 0.756. The van der Waals surface area contributed by atoms with Crippen molar-refractivity contribution in [1.82, 2.24) is 10.3 Å². The van der Waals surface area contributed by atoms with E-state index in [9.17, 15) is 4.79 Å². The Morgan fingerprint density at radius 3 is 2.83 bits per heavy atom. The number of methoxy groups -OCH3 is 1. The van der Waals surface area contributed by atoms with Crippen molar-refractivity contribution in [3.05, 3.63) is 60.2 Å². The van der Waals surface area contributed by atoms with Gasteiger partial charge in [0.25, 0.3) is 5.91 Å². The van der Waals surface area contributed by atoms with Crippen LogP contribution >= 0.6 is 0 Å². The van der Waals surface area contributed by atoms with E-state index in [1.54, 1.807) is 19.2 Å². The normalized spacial score (nSPS) is 15.8. The van der Waals surface area contributed by atoms with Crippen molar-refractivity contribution in [1.29, 1.82) is 0 Å². The monoisotopic (exact) mass is 408 g/mol. The van der Waals surface area contributed by atoms with Crippen LogP contribution in [0.3, 0.4) is 0 Å². The number of carbonyl (C=O) groups excluding carboxylic acids is 1. The number of hydrogen-bond donors (Lipinski definition) is 1. The first-order valence-corrected chi connectivity index (χ1v) is 10.0. The number of hydrogen-bond acceptors (Lipinski definition) is 6. The number of para-hydroxylation sites is 1. The molecule has 30 heavy (non-hydrogen) atoms. The lowest BCUT2D eigenvalue weighted by Crippen LogP contribution is -2.30. The maximum atomic E-state index is 12.9. The molecule has 0 fully saturated rings. The molecular formula is C23H28N4O3. The number of ether oxygens (including phenoxy) is 2. The zero-order chi connectivity index (χ0) is 21.3. The number of benzene rings is 1. The second-order valence-corrected chi connectivity index (χ2v) is 7.23. The Labute approximate surface area is 177 Å². The third kappa shape index (κ3) is 6.15. The summed E-state index contributed by atoms with van der Waals surface area (Å²) in [6.07, 6.45) is 4.89. The molecule has 7 nitrogen and oxygen atoms in total. The predicted octanol–water partition coefficient (Wildman–Crippen LogP) is 3.68. The van der Waals surface area contributed by atoms with E-state index in [0.29, 0.717) is 54.5 Å². The molecular weight excluding hydrogens is 380 g/mol. The number of aromatic nitrogens is 1. The van der Waals surface area contributed by atoms with Gasteiger partial charge in [0.2, 0.25) is 5.88 Å². The maximum Gasteiger partial charge on any atom is 0.257 e. The number of amidine groups is 1. The number of carbonyl (C=O) groups is 1. The van der Waals surface area contributed by atoms with Crippen LogP contribution in [0, 0.1) is 5.92 Å². The number of rotatable bonds is 7. The molecule has 1 N–H and O–H groups in total. The molecule has 0 bridgehead atoms. The SMILES string of the molecule is COCCN(C)c1cc(C(=O)NC2=NCCC(C)C=C2)cc(Oc2ccccc2)n1. The first-order chi connectivity index (χ1) is 14.5. The number of likely N-dealkylation sites (N-methyl/N-ethyl adjacent to an activating group) is 1. The number of aliphatic imine (C=N–C) groups is 1. The molecule has 3 rings (SSSR count). The second kappa shape index (κ2) is 10.5. The van der Waals surface area contributed by atoms with Crippen LogP contribution in [0.4, 0.5) is 5.82 Å². The molecule has 1 aliphatic heterocycles. The molecule has 158 valence electrons. The number of amides is 1. The van der Waals surface area contributed by atoms with E-state index in [0.717, 1.165) is 6.42 Å². The van der Waals surface area contributed by atoms with Crippen LogP contribution in [0.25, 0.3) is 0 Å². The van der Waals surface area contributed by atoms with Gasteiger partial charge in [0.05, 0.1) is 6.61 Å². The van der Waals surface area contributed by atoms with Gasteiger partial charge in [-0.25, -0.2) is 0 Å². The van der Waals surface area contributed by atoms with Gasteiger partial charge in [0, 0.05) is 38.9 Å². The average molecular weight is 409 g/mol. The minimum atomic E-state index is -0.255. The van der Waals surface area contributed by atoms with E-state index in [2.05, 4.69) is 28.3 Å². The zero-order valence-corrected chi connectivity index (χ0v) is 17.7. The smallest absolute Gasteiger partial charge is 0.257 e. The Hall–Kier alpha value is -3.19. The average Bonchev–Trinajstić information content (AvgIpc) is 2.96. The lowest BCUT2D eigenvalue weighted by atomic mass is 10.1. The van der Waals surface area contributed by atoms with Crippen molar-refractivity contribution in [3.8, 4) is 11.6 Å². The molecule has 1 aliphatic rings. The van der Waals surface area contributed by atoms with Crippen LogP contribution < -0.4 is 15.0 Å². The van der Waals surface area contributed by atoms with Crippen molar-refractivity contribution in [2.75, 3.05) is 38.8 Å². The minimum Gasteiger partial charge on any atom is -0.439 e. The highest BCUT2D eigenvalue weighted by molar-refractivity contribution is 6.10. The van der Waals surface area contributed by atoms with Crippen molar-refractivity contribution >= 4 is 17.6 Å². The van der Waals surface area contributed by atoms with E-state index in [4.69, 9.17) is 9.47 Å². The molecule has 0 radical (unpaired) electrons. The Balaban J connectivity index is 1.85. The van der Waals surface area contributed by atoms with Crippen molar-refractivity contribution in [3.63, 3.8) is 0 Å². The van der Waals surface area contributed by atoms with E-state index < -0.39 is 0 Å². The minimum absolute atomic E-state index is 0.255. The molecule has 1 amide bonds. The summed E-state index contributed by atoms with van der Waals surface area (Å²) in [7, 11) is 3.55. The summed E-state index contributed by atoms with van der Waals surface area (Å²) in [4.78, 5) is 23.9. The third-order valence-corrected chi connectivity index (χ3v) is 4.73. The van der Waals surface area contributed by atoms with Crippen LogP contribution in [0.15, 0.2) is 59.6 Å². The fraction of sp³-hybridized carbons (Fsp3) is 0.348. The van der Waals surface area contributed by atoms with Gasteiger partial charge in [-0.1, -0.05) is 31.2 Å². The molecule has 7 heteroatoms. The second-order valence-electron chi connectivity index (χ2n) is 7.23. The van der Waals surface area contributed by atoms with Gasteiger partial charge in [-0.3, -0.25) is 9.79 Å². The van der Waals surface area contributed by atoms with Gasteiger partial charge in [-0.2, -0.15) is 4.98 Å². The van der Waals surface area contributed by atoms with Crippen LogP contribution in [-0.4, -0.2) is 50.6 Å². The highest BCUT2D eigenvalue weighted by Gasteiger charge is 2.15. The molecule has 0 saturated carbocycles. The van der Waals surface area contributed by atoms with E-state index in [1.807, 2.05) is 48.4 Å². The summed E-state index contributed by atoms with van der Waals surface area (Å²) in [5.74, 6) is 2.38. The van der Waals surface area contributed by atoms with Gasteiger partial charge in [-0.05, 0) is 36.6 Å². The fourth-order valence-corrected chi connectivity index (χ4v) is 2.88. The Kier molecular flexibility index (Phi) is 7.57. The van der Waals surface area contributed by atoms with Gasteiger partial charge in [-0.15, -0.1) is 0 Å². The van der Waals surface area contributed by atoms with Crippen molar-refractivity contribution in [2.24, 2.45) is 10.9 Å². The van der Waals surface area contributed by atoms with Gasteiger partial charge in [0.15, 0.2) is 0 Å². The molecule has 1 aromatic carbocycles. The fourth-order valence-electron chi connectivity index (χ4n) is 2.88. The number of nitrogens with one attached hydrogen (secondary N) is 1. The first-order valence-electron chi connectivity index (χ1n) is 10.0. The molecule has 2 aromatic rings. The summed E-state index contributed by atoms with van der Waals surface area (Å²) >= 11 is 0. The lowest BCUT2D eigenvalue weighted by molar-refractivity contribution is 0.0977. The molecule has 2 heterocycles. The predicted molar refractivity (Wildman–Crippen MR) is 119 cm³/mol. The highest BCUT2D eigenvalue weighted by Crippen LogP contribution is 2.24. The molecule has 0 saturated heterocycles. The highest BCUT2D eigenvalue weighted by atomic mass is 16.5. The molecule has 1 atom stereocenters. The summed E-state index contributed by atoms with van der Waals surface area (Å²) in [5, 5.41) is 2.89. The lowest BCUT2D eigenvalue weighted by Gasteiger charge is -2.19. The summed E-state index contributed by atoms with van der Waals surface area (Å²) in [6, 6.07) is 12.7.